The summed E-state index contributed by atoms with van der Waals surface area (Å²) in [6.45, 7) is 8.66. The number of nitrogens with one attached hydrogen (secondary N) is 1. The van der Waals surface area contributed by atoms with E-state index in [1.165, 1.54) is 45.3 Å². The average molecular weight is 210 g/mol. The molecule has 0 radical (unpaired) electrons. The zero-order valence-corrected chi connectivity index (χ0v) is 10.2. The fraction of sp³-hybridized carbons (Fsp3) is 0.846. The van der Waals surface area contributed by atoms with Crippen LogP contribution in [0.2, 0.25) is 0 Å². The summed E-state index contributed by atoms with van der Waals surface area (Å²) >= 11 is 0. The van der Waals surface area contributed by atoms with E-state index < -0.39 is 0 Å². The summed E-state index contributed by atoms with van der Waals surface area (Å²) in [6.07, 6.45) is 8.52. The van der Waals surface area contributed by atoms with Crippen LogP contribution in [0.15, 0.2) is 12.7 Å². The Labute approximate surface area is 94.7 Å². The van der Waals surface area contributed by atoms with E-state index in [4.69, 9.17) is 0 Å². The van der Waals surface area contributed by atoms with E-state index in [2.05, 4.69) is 23.8 Å². The number of hydrogen-bond acceptors (Lipinski definition) is 2. The molecule has 1 heterocycles. The molecule has 2 nitrogen and oxygen atoms in total. The molecule has 88 valence electrons. The number of allylic oxidation sites excluding steroid dienone is 1. The molecule has 1 rings (SSSR count). The van der Waals surface area contributed by atoms with Crippen LogP contribution in [0.3, 0.4) is 0 Å². The van der Waals surface area contributed by atoms with Gasteiger partial charge in [-0.1, -0.05) is 6.08 Å². The Hall–Kier alpha value is -0.340. The van der Waals surface area contributed by atoms with Crippen molar-refractivity contribution in [3.8, 4) is 0 Å². The van der Waals surface area contributed by atoms with Crippen LogP contribution < -0.4 is 5.32 Å². The summed E-state index contributed by atoms with van der Waals surface area (Å²) < 4.78 is 0. The lowest BCUT2D eigenvalue weighted by atomic mass is 9.94. The third-order valence-electron chi connectivity index (χ3n) is 3.33. The first kappa shape index (κ1) is 12.7. The summed E-state index contributed by atoms with van der Waals surface area (Å²) in [4.78, 5) is 2.44. The van der Waals surface area contributed by atoms with Gasteiger partial charge in [0.25, 0.3) is 0 Å². The van der Waals surface area contributed by atoms with Crippen LogP contribution in [-0.2, 0) is 0 Å². The monoisotopic (exact) mass is 210 g/mol. The van der Waals surface area contributed by atoms with E-state index in [9.17, 15) is 0 Å². The highest BCUT2D eigenvalue weighted by Crippen LogP contribution is 2.18. The molecule has 15 heavy (non-hydrogen) atoms. The SMILES string of the molecule is C=CCCCNCCC1CCN(C)CC1. The first-order valence-corrected chi connectivity index (χ1v) is 6.33. The van der Waals surface area contributed by atoms with Gasteiger partial charge in [0.15, 0.2) is 0 Å². The smallest absolute Gasteiger partial charge is 0.00191 e. The molecule has 1 aliphatic heterocycles. The van der Waals surface area contributed by atoms with E-state index in [0.29, 0.717) is 0 Å². The molecule has 1 saturated heterocycles. The van der Waals surface area contributed by atoms with Gasteiger partial charge in [0.05, 0.1) is 0 Å². The van der Waals surface area contributed by atoms with Crippen LogP contribution in [0.25, 0.3) is 0 Å². The second-order valence-electron chi connectivity index (χ2n) is 4.72. The Kier molecular flexibility index (Phi) is 6.69. The molecule has 0 spiro atoms. The van der Waals surface area contributed by atoms with Crippen molar-refractivity contribution in [1.29, 1.82) is 0 Å². The molecule has 2 heteroatoms. The minimum Gasteiger partial charge on any atom is -0.317 e. The molecule has 0 aromatic heterocycles. The van der Waals surface area contributed by atoms with Gasteiger partial charge in [-0.3, -0.25) is 0 Å². The minimum atomic E-state index is 0.966. The van der Waals surface area contributed by atoms with Gasteiger partial charge >= 0.3 is 0 Å². The Morgan fingerprint density at radius 1 is 1.33 bits per heavy atom. The number of hydrogen-bond donors (Lipinski definition) is 1. The maximum Gasteiger partial charge on any atom is -0.00191 e. The summed E-state index contributed by atoms with van der Waals surface area (Å²) in [5.74, 6) is 0.966. The van der Waals surface area contributed by atoms with Gasteiger partial charge in [0, 0.05) is 0 Å². The molecule has 1 N–H and O–H groups in total. The lowest BCUT2D eigenvalue weighted by Crippen LogP contribution is -2.31. The van der Waals surface area contributed by atoms with Crippen LogP contribution in [0.5, 0.6) is 0 Å². The molecule has 1 fully saturated rings. The van der Waals surface area contributed by atoms with Crippen molar-refractivity contribution >= 4 is 0 Å². The molecular formula is C13H26N2. The first-order chi connectivity index (χ1) is 7.33. The number of nitrogens with zero attached hydrogens (tertiary/aromatic N) is 1. The summed E-state index contributed by atoms with van der Waals surface area (Å²) in [7, 11) is 2.23. The molecular weight excluding hydrogens is 184 g/mol. The Morgan fingerprint density at radius 3 is 2.73 bits per heavy atom. The van der Waals surface area contributed by atoms with Crippen molar-refractivity contribution < 1.29 is 0 Å². The van der Waals surface area contributed by atoms with Crippen molar-refractivity contribution in [2.75, 3.05) is 33.2 Å². The van der Waals surface area contributed by atoms with Gasteiger partial charge in [0.2, 0.25) is 0 Å². The van der Waals surface area contributed by atoms with Crippen LogP contribution in [0, 0.1) is 5.92 Å². The fourth-order valence-corrected chi connectivity index (χ4v) is 2.15. The largest absolute Gasteiger partial charge is 0.317 e. The Bertz CT molecular complexity index is 160. The number of unbranched alkanes of at least 4 members (excludes halogenated alkanes) is 1. The quantitative estimate of drug-likeness (QED) is 0.512. The maximum absolute atomic E-state index is 3.73. The highest BCUT2D eigenvalue weighted by atomic mass is 15.1. The topological polar surface area (TPSA) is 15.3 Å². The van der Waals surface area contributed by atoms with Gasteiger partial charge in [-0.05, 0) is 71.2 Å². The number of likely N-dealkylation sites (tertiary alicyclic amines) is 1. The van der Waals surface area contributed by atoms with Crippen molar-refractivity contribution in [2.45, 2.75) is 32.1 Å². The van der Waals surface area contributed by atoms with Crippen LogP contribution >= 0.6 is 0 Å². The van der Waals surface area contributed by atoms with E-state index in [1.807, 2.05) is 6.08 Å². The van der Waals surface area contributed by atoms with Crippen molar-refractivity contribution in [3.05, 3.63) is 12.7 Å². The predicted octanol–water partition coefficient (Wildman–Crippen LogP) is 2.27. The highest BCUT2D eigenvalue weighted by Gasteiger charge is 2.15. The van der Waals surface area contributed by atoms with Gasteiger partial charge in [-0.25, -0.2) is 0 Å². The fourth-order valence-electron chi connectivity index (χ4n) is 2.15. The normalized spacial score (nSPS) is 19.3. The zero-order valence-electron chi connectivity index (χ0n) is 10.2. The average Bonchev–Trinajstić information content (AvgIpc) is 2.26. The second kappa shape index (κ2) is 7.89. The minimum absolute atomic E-state index is 0.966. The molecule has 0 unspecified atom stereocenters. The molecule has 0 atom stereocenters. The predicted molar refractivity (Wildman–Crippen MR) is 67.1 cm³/mol. The van der Waals surface area contributed by atoms with Gasteiger partial charge in [-0.2, -0.15) is 0 Å². The van der Waals surface area contributed by atoms with E-state index in [1.54, 1.807) is 0 Å². The maximum atomic E-state index is 3.73. The van der Waals surface area contributed by atoms with Crippen molar-refractivity contribution in [2.24, 2.45) is 5.92 Å². The molecule has 1 aliphatic rings. The van der Waals surface area contributed by atoms with Crippen LogP contribution in [0.4, 0.5) is 0 Å². The van der Waals surface area contributed by atoms with Crippen molar-refractivity contribution in [3.63, 3.8) is 0 Å². The molecule has 0 amide bonds. The van der Waals surface area contributed by atoms with Crippen LogP contribution in [-0.4, -0.2) is 38.1 Å². The summed E-state index contributed by atoms with van der Waals surface area (Å²) in [6, 6.07) is 0. The lowest BCUT2D eigenvalue weighted by Gasteiger charge is -2.28. The Balaban J connectivity index is 1.89. The molecule has 0 aromatic rings. The second-order valence-corrected chi connectivity index (χ2v) is 4.72. The summed E-state index contributed by atoms with van der Waals surface area (Å²) in [5.41, 5.74) is 0. The standard InChI is InChI=1S/C13H26N2/c1-3-4-5-9-14-10-6-13-7-11-15(2)12-8-13/h3,13-14H,1,4-12H2,2H3. The molecule has 0 saturated carbocycles. The molecule has 0 aliphatic carbocycles. The molecule has 0 bridgehead atoms. The summed E-state index contributed by atoms with van der Waals surface area (Å²) in [5, 5.41) is 3.52. The first-order valence-electron chi connectivity index (χ1n) is 6.33. The van der Waals surface area contributed by atoms with Gasteiger partial charge in [-0.15, -0.1) is 6.58 Å². The third kappa shape index (κ3) is 5.95. The van der Waals surface area contributed by atoms with E-state index >= 15 is 0 Å². The number of rotatable bonds is 7. The Morgan fingerprint density at radius 2 is 2.07 bits per heavy atom. The zero-order chi connectivity index (χ0) is 10.9. The number of piperidine rings is 1. The van der Waals surface area contributed by atoms with Gasteiger partial charge in [0.1, 0.15) is 0 Å². The van der Waals surface area contributed by atoms with Crippen molar-refractivity contribution in [1.82, 2.24) is 10.2 Å². The highest BCUT2D eigenvalue weighted by molar-refractivity contribution is 4.71. The van der Waals surface area contributed by atoms with E-state index in [0.717, 1.165) is 18.9 Å². The molecule has 0 aromatic carbocycles. The van der Waals surface area contributed by atoms with Gasteiger partial charge < -0.3 is 10.2 Å². The van der Waals surface area contributed by atoms with E-state index in [-0.39, 0.29) is 0 Å². The lowest BCUT2D eigenvalue weighted by molar-refractivity contribution is 0.211. The third-order valence-corrected chi connectivity index (χ3v) is 3.33. The van der Waals surface area contributed by atoms with Crippen LogP contribution in [0.1, 0.15) is 32.1 Å².